The van der Waals surface area contributed by atoms with E-state index in [4.69, 9.17) is 11.6 Å². The summed E-state index contributed by atoms with van der Waals surface area (Å²) in [6, 6.07) is 9.32. The Balaban J connectivity index is 2.39. The topological polar surface area (TPSA) is 72.5 Å². The molecule has 2 aromatic carbocycles. The van der Waals surface area contributed by atoms with Crippen molar-refractivity contribution in [2.45, 2.75) is 18.7 Å². The molecule has 0 radical (unpaired) electrons. The SMILES string of the molecule is COC(=O)c1cc(NS(=O)(=O)c2ccc(C)cc2C)ccc1Cl. The number of hydrogen-bond donors (Lipinski definition) is 1. The van der Waals surface area contributed by atoms with E-state index in [1.165, 1.54) is 25.3 Å². The van der Waals surface area contributed by atoms with E-state index in [1.54, 1.807) is 25.1 Å². The predicted octanol–water partition coefficient (Wildman–Crippen LogP) is 3.54. The van der Waals surface area contributed by atoms with Crippen LogP contribution >= 0.6 is 11.6 Å². The van der Waals surface area contributed by atoms with Crippen molar-refractivity contribution in [1.29, 1.82) is 0 Å². The Labute approximate surface area is 140 Å². The van der Waals surface area contributed by atoms with Crippen LogP contribution < -0.4 is 4.72 Å². The molecule has 122 valence electrons. The summed E-state index contributed by atoms with van der Waals surface area (Å²) < 4.78 is 32.1. The number of carbonyl (C=O) groups excluding carboxylic acids is 1. The van der Waals surface area contributed by atoms with Crippen LogP contribution in [0.15, 0.2) is 41.3 Å². The fourth-order valence-corrected chi connectivity index (χ4v) is 3.64. The smallest absolute Gasteiger partial charge is 0.339 e. The minimum atomic E-state index is -3.77. The molecule has 0 aliphatic heterocycles. The third kappa shape index (κ3) is 3.83. The first-order chi connectivity index (χ1) is 10.7. The van der Waals surface area contributed by atoms with E-state index in [0.29, 0.717) is 5.56 Å². The normalized spacial score (nSPS) is 11.1. The van der Waals surface area contributed by atoms with E-state index >= 15 is 0 Å². The van der Waals surface area contributed by atoms with Crippen molar-refractivity contribution < 1.29 is 17.9 Å². The molecule has 0 aromatic heterocycles. The van der Waals surface area contributed by atoms with Crippen molar-refractivity contribution >= 4 is 33.3 Å². The molecule has 0 fully saturated rings. The monoisotopic (exact) mass is 353 g/mol. The summed E-state index contributed by atoms with van der Waals surface area (Å²) in [6.45, 7) is 3.61. The number of aryl methyl sites for hydroxylation is 2. The van der Waals surface area contributed by atoms with E-state index in [2.05, 4.69) is 9.46 Å². The molecule has 0 spiro atoms. The second-order valence-corrected chi connectivity index (χ2v) is 7.12. The first kappa shape index (κ1) is 17.3. The Kier molecular flexibility index (Phi) is 4.97. The number of sulfonamides is 1. The summed E-state index contributed by atoms with van der Waals surface area (Å²) >= 11 is 5.92. The van der Waals surface area contributed by atoms with Gasteiger partial charge >= 0.3 is 5.97 Å². The molecule has 0 heterocycles. The van der Waals surface area contributed by atoms with Crippen molar-refractivity contribution in [3.05, 3.63) is 58.1 Å². The Bertz CT molecular complexity index is 862. The van der Waals surface area contributed by atoms with Crippen molar-refractivity contribution in [3.8, 4) is 0 Å². The zero-order chi connectivity index (χ0) is 17.2. The summed E-state index contributed by atoms with van der Waals surface area (Å²) in [4.78, 5) is 11.8. The molecule has 23 heavy (non-hydrogen) atoms. The lowest BCUT2D eigenvalue weighted by atomic mass is 10.2. The molecule has 0 bridgehead atoms. The highest BCUT2D eigenvalue weighted by molar-refractivity contribution is 7.92. The van der Waals surface area contributed by atoms with Crippen molar-refractivity contribution in [1.82, 2.24) is 0 Å². The van der Waals surface area contributed by atoms with Gasteiger partial charge in [0.1, 0.15) is 0 Å². The average Bonchev–Trinajstić information content (AvgIpc) is 2.47. The first-order valence-corrected chi connectivity index (χ1v) is 8.58. The predicted molar refractivity (Wildman–Crippen MR) is 89.5 cm³/mol. The summed E-state index contributed by atoms with van der Waals surface area (Å²) in [6.07, 6.45) is 0. The van der Waals surface area contributed by atoms with Crippen molar-refractivity contribution in [3.63, 3.8) is 0 Å². The molecule has 0 amide bonds. The number of benzene rings is 2. The molecule has 2 aromatic rings. The van der Waals surface area contributed by atoms with Crippen LogP contribution in [0.3, 0.4) is 0 Å². The van der Waals surface area contributed by atoms with Gasteiger partial charge in [-0.15, -0.1) is 0 Å². The molecule has 7 heteroatoms. The van der Waals surface area contributed by atoms with E-state index < -0.39 is 16.0 Å². The number of ether oxygens (including phenoxy) is 1. The Hall–Kier alpha value is -2.05. The lowest BCUT2D eigenvalue weighted by Crippen LogP contribution is -2.15. The highest BCUT2D eigenvalue weighted by Crippen LogP contribution is 2.24. The maximum absolute atomic E-state index is 12.5. The molecule has 5 nitrogen and oxygen atoms in total. The number of rotatable bonds is 4. The highest BCUT2D eigenvalue weighted by Gasteiger charge is 2.18. The molecule has 0 aliphatic carbocycles. The summed E-state index contributed by atoms with van der Waals surface area (Å²) in [5.74, 6) is -0.637. The summed E-state index contributed by atoms with van der Waals surface area (Å²) in [5.41, 5.74) is 1.94. The number of methoxy groups -OCH3 is 1. The van der Waals surface area contributed by atoms with Crippen LogP contribution in [-0.4, -0.2) is 21.5 Å². The Morgan fingerprint density at radius 2 is 1.83 bits per heavy atom. The van der Waals surface area contributed by atoms with Crippen molar-refractivity contribution in [2.24, 2.45) is 0 Å². The summed E-state index contributed by atoms with van der Waals surface area (Å²) in [7, 11) is -2.54. The number of hydrogen-bond acceptors (Lipinski definition) is 4. The van der Waals surface area contributed by atoms with Gasteiger partial charge in [-0.25, -0.2) is 13.2 Å². The number of nitrogens with one attached hydrogen (secondary N) is 1. The fraction of sp³-hybridized carbons (Fsp3) is 0.188. The minimum Gasteiger partial charge on any atom is -0.465 e. The van der Waals surface area contributed by atoms with Gasteiger partial charge in [0, 0.05) is 5.69 Å². The second kappa shape index (κ2) is 6.60. The lowest BCUT2D eigenvalue weighted by molar-refractivity contribution is 0.0601. The zero-order valence-corrected chi connectivity index (χ0v) is 14.5. The van der Waals surface area contributed by atoms with E-state index in [1.807, 2.05) is 6.92 Å². The number of anilines is 1. The third-order valence-electron chi connectivity index (χ3n) is 3.24. The standard InChI is InChI=1S/C16H16ClNO4S/c1-10-4-7-15(11(2)8-10)23(20,21)18-12-5-6-14(17)13(9-12)16(19)22-3/h4-9,18H,1-3H3. The van der Waals surface area contributed by atoms with Crippen LogP contribution in [0.4, 0.5) is 5.69 Å². The van der Waals surface area contributed by atoms with Crippen LogP contribution in [-0.2, 0) is 14.8 Å². The van der Waals surface area contributed by atoms with Crippen LogP contribution in [0.25, 0.3) is 0 Å². The molecule has 0 unspecified atom stereocenters. The maximum atomic E-state index is 12.5. The summed E-state index contributed by atoms with van der Waals surface area (Å²) in [5, 5.41) is 0.186. The van der Waals surface area contributed by atoms with Gasteiger partial charge in [0.2, 0.25) is 0 Å². The molecule has 0 saturated carbocycles. The largest absolute Gasteiger partial charge is 0.465 e. The molecule has 0 saturated heterocycles. The molecule has 0 atom stereocenters. The Morgan fingerprint density at radius 1 is 1.13 bits per heavy atom. The van der Waals surface area contributed by atoms with Gasteiger partial charge in [-0.1, -0.05) is 29.3 Å². The van der Waals surface area contributed by atoms with Crippen LogP contribution in [0.5, 0.6) is 0 Å². The fourth-order valence-electron chi connectivity index (χ4n) is 2.17. The van der Waals surface area contributed by atoms with Gasteiger partial charge in [-0.2, -0.15) is 0 Å². The quantitative estimate of drug-likeness (QED) is 0.853. The molecular weight excluding hydrogens is 338 g/mol. The number of carbonyl (C=O) groups is 1. The minimum absolute atomic E-state index is 0.0926. The Morgan fingerprint density at radius 3 is 2.43 bits per heavy atom. The van der Waals surface area contributed by atoms with Gasteiger partial charge in [-0.05, 0) is 43.7 Å². The molecule has 2 rings (SSSR count). The first-order valence-electron chi connectivity index (χ1n) is 6.72. The highest BCUT2D eigenvalue weighted by atomic mass is 35.5. The molecular formula is C16H16ClNO4S. The van der Waals surface area contributed by atoms with Gasteiger partial charge in [0.05, 0.1) is 22.6 Å². The molecule has 0 aliphatic rings. The molecule has 1 N–H and O–H groups in total. The zero-order valence-electron chi connectivity index (χ0n) is 12.9. The second-order valence-electron chi connectivity index (χ2n) is 5.06. The van der Waals surface area contributed by atoms with Gasteiger partial charge in [0.25, 0.3) is 10.0 Å². The maximum Gasteiger partial charge on any atom is 0.339 e. The number of halogens is 1. The van der Waals surface area contributed by atoms with Crippen molar-refractivity contribution in [2.75, 3.05) is 11.8 Å². The third-order valence-corrected chi connectivity index (χ3v) is 5.11. The van der Waals surface area contributed by atoms with Gasteiger partial charge in [-0.3, -0.25) is 4.72 Å². The van der Waals surface area contributed by atoms with Crippen LogP contribution in [0.1, 0.15) is 21.5 Å². The van der Waals surface area contributed by atoms with E-state index in [-0.39, 0.29) is 21.2 Å². The number of esters is 1. The van der Waals surface area contributed by atoms with Crippen LogP contribution in [0.2, 0.25) is 5.02 Å². The average molecular weight is 354 g/mol. The lowest BCUT2D eigenvalue weighted by Gasteiger charge is -2.12. The van der Waals surface area contributed by atoms with Gasteiger partial charge < -0.3 is 4.74 Å². The van der Waals surface area contributed by atoms with Gasteiger partial charge in [0.15, 0.2) is 0 Å². The van der Waals surface area contributed by atoms with Crippen LogP contribution in [0, 0.1) is 13.8 Å². The van der Waals surface area contributed by atoms with E-state index in [9.17, 15) is 13.2 Å². The van der Waals surface area contributed by atoms with E-state index in [0.717, 1.165) is 5.56 Å².